The van der Waals surface area contributed by atoms with E-state index in [4.69, 9.17) is 26.2 Å². The summed E-state index contributed by atoms with van der Waals surface area (Å²) in [7, 11) is 5.00. The van der Waals surface area contributed by atoms with Crippen LogP contribution in [0, 0.1) is 23.7 Å². The number of benzene rings is 2. The van der Waals surface area contributed by atoms with Crippen molar-refractivity contribution < 1.29 is 24.5 Å². The zero-order chi connectivity index (χ0) is 35.1. The molecule has 2 aromatic rings. The van der Waals surface area contributed by atoms with E-state index in [9.17, 15) is 9.90 Å². The van der Waals surface area contributed by atoms with Gasteiger partial charge in [0.05, 0.1) is 31.5 Å². The second kappa shape index (κ2) is 17.5. The number of ether oxygens (including phenoxy) is 2. The zero-order valence-corrected chi connectivity index (χ0v) is 31.7. The van der Waals surface area contributed by atoms with Gasteiger partial charge < -0.3 is 29.5 Å². The molecule has 6 rings (SSSR count). The van der Waals surface area contributed by atoms with E-state index in [1.807, 2.05) is 37.2 Å². The molecule has 1 amide bonds. The fraction of sp³-hybridized carbons (Fsp3) is 0.667. The monoisotopic (exact) mass is 715 g/mol. The summed E-state index contributed by atoms with van der Waals surface area (Å²) in [4.78, 5) is 18.1. The number of aliphatic hydroxyl groups excluding tert-OH is 2. The maximum absolute atomic E-state index is 13.5. The predicted octanol–water partition coefficient (Wildman–Crippen LogP) is 6.59. The van der Waals surface area contributed by atoms with Gasteiger partial charge in [0.2, 0.25) is 0 Å². The Morgan fingerprint density at radius 3 is 2.67 bits per heavy atom. The van der Waals surface area contributed by atoms with E-state index in [0.717, 1.165) is 81.8 Å². The van der Waals surface area contributed by atoms with Crippen molar-refractivity contribution >= 4 is 35.1 Å². The van der Waals surface area contributed by atoms with E-state index in [1.165, 1.54) is 24.0 Å². The second-order valence-corrected chi connectivity index (χ2v) is 16.7. The molecule has 0 aromatic heterocycles. The third-order valence-electron chi connectivity index (χ3n) is 11.8. The highest BCUT2D eigenvalue weighted by atomic mass is 35.5. The Morgan fingerprint density at radius 2 is 1.94 bits per heavy atom. The lowest BCUT2D eigenvalue weighted by Crippen LogP contribution is -2.49. The maximum Gasteiger partial charge on any atom is 0.261 e. The molecular weight excluding hydrogens is 658 g/mol. The standard InChI is InChI=1S/C38H54ClN3O4S.CH4O/c1-25-7-5-8-30(21-45-22-32(20-43)41(3)4)33-13-10-29(33)19-42-23-38(16-6-9-27-17-31(39)12-14-34(27)38)24-46-36-15-11-28(18-35(36)42)37(44)40-47-26(25)2;1-2/h11-12,14-15,17-18,25-26,29-30,32-33,43H,5-10,13,16,19-24H2,1-4H3,(H,40,44);2H,1H3/t25?,26?,29?,30?,32?,33?,38-;/m0./s1. The van der Waals surface area contributed by atoms with Crippen LogP contribution < -0.4 is 14.4 Å². The van der Waals surface area contributed by atoms with Gasteiger partial charge in [-0.15, -0.1) is 0 Å². The van der Waals surface area contributed by atoms with Gasteiger partial charge in [0.25, 0.3) is 5.91 Å². The summed E-state index contributed by atoms with van der Waals surface area (Å²) in [5.74, 6) is 2.92. The lowest BCUT2D eigenvalue weighted by molar-refractivity contribution is -0.00621. The molecule has 8 nitrogen and oxygen atoms in total. The number of hydrogen-bond acceptors (Lipinski definition) is 8. The van der Waals surface area contributed by atoms with Crippen LogP contribution in [-0.2, 0) is 16.6 Å². The Kier molecular flexibility index (Phi) is 13.6. The molecule has 7 atom stereocenters. The molecule has 0 radical (unpaired) electrons. The van der Waals surface area contributed by atoms with Crippen LogP contribution in [0.3, 0.4) is 0 Å². The molecule has 10 heteroatoms. The van der Waals surface area contributed by atoms with E-state index >= 15 is 0 Å². The smallest absolute Gasteiger partial charge is 0.261 e. The van der Waals surface area contributed by atoms with Crippen LogP contribution in [0.5, 0.6) is 5.75 Å². The number of hydrogen-bond donors (Lipinski definition) is 3. The molecule has 0 saturated heterocycles. The SMILES string of the molecule is CC1CCCC(COCC(CO)N(C)C)C2CCC2CN2C[C@@]3(CCCc4cc(Cl)ccc43)COc3ccc(cc32)C(=O)NSC1C.CO. The number of nitrogens with zero attached hydrogens (tertiary/aromatic N) is 2. The van der Waals surface area contributed by atoms with E-state index in [2.05, 4.69) is 41.7 Å². The average Bonchev–Trinajstić information content (AvgIpc) is 3.24. The molecule has 3 N–H and O–H groups in total. The number of nitrogens with one attached hydrogen (secondary N) is 1. The summed E-state index contributed by atoms with van der Waals surface area (Å²) in [5, 5.41) is 18.0. The van der Waals surface area contributed by atoms with Crippen molar-refractivity contribution in [2.45, 2.75) is 81.9 Å². The molecule has 272 valence electrons. The lowest BCUT2D eigenvalue weighted by atomic mass is 9.65. The highest BCUT2D eigenvalue weighted by molar-refractivity contribution is 7.98. The maximum atomic E-state index is 13.5. The number of anilines is 1. The first-order valence-electron chi connectivity index (χ1n) is 18.2. The third kappa shape index (κ3) is 8.90. The summed E-state index contributed by atoms with van der Waals surface area (Å²) >= 11 is 8.03. The lowest BCUT2D eigenvalue weighted by Gasteiger charge is -2.47. The predicted molar refractivity (Wildman–Crippen MR) is 201 cm³/mol. The van der Waals surface area contributed by atoms with Gasteiger partial charge in [0, 0.05) is 48.1 Å². The molecule has 4 aliphatic rings. The topological polar surface area (TPSA) is 94.5 Å². The van der Waals surface area contributed by atoms with Gasteiger partial charge in [-0.1, -0.05) is 37.9 Å². The molecule has 1 spiro atoms. The van der Waals surface area contributed by atoms with Crippen molar-refractivity contribution in [1.82, 2.24) is 9.62 Å². The number of amides is 1. The zero-order valence-electron chi connectivity index (χ0n) is 30.1. The van der Waals surface area contributed by atoms with Gasteiger partial charge in [-0.2, -0.15) is 0 Å². The van der Waals surface area contributed by atoms with Gasteiger partial charge in [0.1, 0.15) is 5.75 Å². The minimum absolute atomic E-state index is 0.0127. The molecule has 49 heavy (non-hydrogen) atoms. The highest BCUT2D eigenvalue weighted by Gasteiger charge is 2.44. The van der Waals surface area contributed by atoms with Crippen molar-refractivity contribution in [2.75, 3.05) is 65.6 Å². The Hall–Kier alpha value is -2.01. The van der Waals surface area contributed by atoms with Crippen molar-refractivity contribution in [3.63, 3.8) is 0 Å². The number of halogens is 1. The van der Waals surface area contributed by atoms with Gasteiger partial charge in [-0.05, 0) is 136 Å². The summed E-state index contributed by atoms with van der Waals surface area (Å²) in [6.07, 6.45) is 9.06. The molecular formula is C39H58ClN3O5S. The minimum Gasteiger partial charge on any atom is -0.490 e. The first kappa shape index (κ1) is 38.2. The first-order chi connectivity index (χ1) is 23.7. The number of carbonyl (C=O) groups is 1. The number of aliphatic hydroxyl groups is 2. The van der Waals surface area contributed by atoms with Crippen LogP contribution in [0.15, 0.2) is 36.4 Å². The van der Waals surface area contributed by atoms with Crippen LogP contribution in [0.2, 0.25) is 5.02 Å². The summed E-state index contributed by atoms with van der Waals surface area (Å²) < 4.78 is 16.3. The van der Waals surface area contributed by atoms with E-state index in [0.29, 0.717) is 47.7 Å². The van der Waals surface area contributed by atoms with Gasteiger partial charge >= 0.3 is 0 Å². The highest BCUT2D eigenvalue weighted by Crippen LogP contribution is 2.48. The number of likely N-dealkylation sites (N-methyl/N-ethyl adjacent to an activating group) is 1. The van der Waals surface area contributed by atoms with Crippen LogP contribution in [-0.4, -0.2) is 93.0 Å². The summed E-state index contributed by atoms with van der Waals surface area (Å²) in [6, 6.07) is 12.4. The quantitative estimate of drug-likeness (QED) is 0.289. The van der Waals surface area contributed by atoms with Crippen LogP contribution >= 0.6 is 23.5 Å². The molecule has 2 aliphatic carbocycles. The van der Waals surface area contributed by atoms with E-state index in [-0.39, 0.29) is 24.0 Å². The molecule has 1 saturated carbocycles. The van der Waals surface area contributed by atoms with Crippen LogP contribution in [0.4, 0.5) is 5.69 Å². The van der Waals surface area contributed by atoms with E-state index in [1.54, 1.807) is 11.9 Å². The number of carbonyl (C=O) groups excluding carboxylic acids is 1. The fourth-order valence-electron chi connectivity index (χ4n) is 8.38. The molecule has 2 heterocycles. The molecule has 2 aromatic carbocycles. The Morgan fingerprint density at radius 1 is 1.12 bits per heavy atom. The largest absolute Gasteiger partial charge is 0.490 e. The average molecular weight is 716 g/mol. The van der Waals surface area contributed by atoms with Crippen LogP contribution in [0.1, 0.15) is 80.3 Å². The fourth-order valence-corrected chi connectivity index (χ4v) is 9.35. The van der Waals surface area contributed by atoms with Crippen molar-refractivity contribution in [1.29, 1.82) is 0 Å². The van der Waals surface area contributed by atoms with Gasteiger partial charge in [-0.3, -0.25) is 9.52 Å². The Bertz CT molecular complexity index is 1400. The van der Waals surface area contributed by atoms with Crippen molar-refractivity contribution in [3.8, 4) is 5.75 Å². The van der Waals surface area contributed by atoms with Crippen molar-refractivity contribution in [2.24, 2.45) is 23.7 Å². The van der Waals surface area contributed by atoms with E-state index < -0.39 is 0 Å². The minimum atomic E-state index is -0.144. The van der Waals surface area contributed by atoms with Gasteiger partial charge in [0.15, 0.2) is 0 Å². The molecule has 1 fully saturated rings. The number of aryl methyl sites for hydroxylation is 1. The summed E-state index contributed by atoms with van der Waals surface area (Å²) in [6.45, 7) is 8.32. The third-order valence-corrected chi connectivity index (χ3v) is 13.2. The number of fused-ring (bicyclic) bond motifs is 4. The van der Waals surface area contributed by atoms with Crippen molar-refractivity contribution in [3.05, 3.63) is 58.1 Å². The van der Waals surface area contributed by atoms with Crippen LogP contribution in [0.25, 0.3) is 0 Å². The Balaban J connectivity index is 0.00000230. The first-order valence-corrected chi connectivity index (χ1v) is 19.5. The molecule has 2 bridgehead atoms. The normalized spacial score (nSPS) is 29.3. The molecule has 6 unspecified atom stereocenters. The molecule has 2 aliphatic heterocycles. The number of rotatable bonds is 6. The Labute approximate surface area is 303 Å². The summed E-state index contributed by atoms with van der Waals surface area (Å²) in [5.41, 5.74) is 4.27. The van der Waals surface area contributed by atoms with Gasteiger partial charge in [-0.25, -0.2) is 0 Å². The second-order valence-electron chi connectivity index (χ2n) is 15.0.